The van der Waals surface area contributed by atoms with E-state index in [2.05, 4.69) is 5.32 Å². The van der Waals surface area contributed by atoms with Crippen molar-refractivity contribution in [2.45, 2.75) is 32.0 Å². The van der Waals surface area contributed by atoms with Crippen molar-refractivity contribution in [2.24, 2.45) is 0 Å². The SMILES string of the molecule is CCOC1CCNCCC1F. The number of rotatable bonds is 2. The third kappa shape index (κ3) is 2.75. The summed E-state index contributed by atoms with van der Waals surface area (Å²) in [5.74, 6) is 0. The van der Waals surface area contributed by atoms with Crippen LogP contribution in [-0.4, -0.2) is 32.0 Å². The Morgan fingerprint density at radius 1 is 1.45 bits per heavy atom. The molecule has 0 radical (unpaired) electrons. The van der Waals surface area contributed by atoms with Gasteiger partial charge in [0.1, 0.15) is 6.17 Å². The highest BCUT2D eigenvalue weighted by Crippen LogP contribution is 2.13. The van der Waals surface area contributed by atoms with Gasteiger partial charge in [-0.3, -0.25) is 0 Å². The van der Waals surface area contributed by atoms with Crippen molar-refractivity contribution < 1.29 is 9.13 Å². The van der Waals surface area contributed by atoms with Crippen molar-refractivity contribution >= 4 is 0 Å². The summed E-state index contributed by atoms with van der Waals surface area (Å²) in [5, 5.41) is 3.15. The van der Waals surface area contributed by atoms with Crippen molar-refractivity contribution in [1.29, 1.82) is 0 Å². The van der Waals surface area contributed by atoms with Crippen LogP contribution in [0.15, 0.2) is 0 Å². The average molecular weight is 161 g/mol. The second-order valence-corrected chi connectivity index (χ2v) is 2.84. The largest absolute Gasteiger partial charge is 0.375 e. The molecule has 66 valence electrons. The summed E-state index contributed by atoms with van der Waals surface area (Å²) < 4.78 is 18.4. The van der Waals surface area contributed by atoms with Crippen molar-refractivity contribution in [2.75, 3.05) is 19.7 Å². The third-order valence-corrected chi connectivity index (χ3v) is 1.99. The van der Waals surface area contributed by atoms with Crippen molar-refractivity contribution in [1.82, 2.24) is 5.32 Å². The van der Waals surface area contributed by atoms with E-state index in [-0.39, 0.29) is 6.10 Å². The zero-order valence-electron chi connectivity index (χ0n) is 6.98. The van der Waals surface area contributed by atoms with Crippen LogP contribution in [0.3, 0.4) is 0 Å². The topological polar surface area (TPSA) is 21.3 Å². The fraction of sp³-hybridized carbons (Fsp3) is 1.00. The van der Waals surface area contributed by atoms with Crippen molar-refractivity contribution in [3.63, 3.8) is 0 Å². The molecule has 0 aliphatic carbocycles. The van der Waals surface area contributed by atoms with E-state index in [1.54, 1.807) is 0 Å². The van der Waals surface area contributed by atoms with Gasteiger partial charge in [0.25, 0.3) is 0 Å². The first-order valence-electron chi connectivity index (χ1n) is 4.31. The van der Waals surface area contributed by atoms with Gasteiger partial charge < -0.3 is 10.1 Å². The van der Waals surface area contributed by atoms with E-state index in [4.69, 9.17) is 4.74 Å². The highest BCUT2D eigenvalue weighted by molar-refractivity contribution is 4.75. The van der Waals surface area contributed by atoms with E-state index in [1.165, 1.54) is 0 Å². The molecule has 0 bridgehead atoms. The van der Waals surface area contributed by atoms with Gasteiger partial charge in [-0.15, -0.1) is 0 Å². The molecule has 1 saturated heterocycles. The van der Waals surface area contributed by atoms with Crippen LogP contribution in [0.4, 0.5) is 4.39 Å². The van der Waals surface area contributed by atoms with Gasteiger partial charge in [0.05, 0.1) is 6.10 Å². The molecular formula is C8H16FNO. The number of nitrogens with one attached hydrogen (secondary N) is 1. The second-order valence-electron chi connectivity index (χ2n) is 2.84. The summed E-state index contributed by atoms with van der Waals surface area (Å²) in [6.07, 6.45) is 0.444. The van der Waals surface area contributed by atoms with Crippen LogP contribution in [0.25, 0.3) is 0 Å². The molecule has 2 nitrogen and oxygen atoms in total. The minimum Gasteiger partial charge on any atom is -0.375 e. The quantitative estimate of drug-likeness (QED) is 0.655. The molecule has 0 saturated carbocycles. The van der Waals surface area contributed by atoms with Gasteiger partial charge in [-0.1, -0.05) is 0 Å². The number of hydrogen-bond acceptors (Lipinski definition) is 2. The lowest BCUT2D eigenvalue weighted by Crippen LogP contribution is -2.25. The molecule has 3 heteroatoms. The van der Waals surface area contributed by atoms with Crippen LogP contribution in [0.5, 0.6) is 0 Å². The number of halogens is 1. The van der Waals surface area contributed by atoms with E-state index in [0.29, 0.717) is 13.0 Å². The number of alkyl halides is 1. The normalized spacial score (nSPS) is 33.3. The van der Waals surface area contributed by atoms with Gasteiger partial charge in [-0.05, 0) is 32.9 Å². The Kier molecular flexibility index (Phi) is 3.80. The molecule has 1 aliphatic rings. The Morgan fingerprint density at radius 3 is 2.91 bits per heavy atom. The summed E-state index contributed by atoms with van der Waals surface area (Å²) in [6.45, 7) is 4.19. The summed E-state index contributed by atoms with van der Waals surface area (Å²) in [6, 6.07) is 0. The van der Waals surface area contributed by atoms with E-state index in [9.17, 15) is 4.39 Å². The first kappa shape index (κ1) is 8.94. The zero-order chi connectivity index (χ0) is 8.10. The fourth-order valence-corrected chi connectivity index (χ4v) is 1.38. The molecule has 1 heterocycles. The molecule has 1 N–H and O–H groups in total. The van der Waals surface area contributed by atoms with Crippen LogP contribution in [0.1, 0.15) is 19.8 Å². The zero-order valence-corrected chi connectivity index (χ0v) is 6.98. The Labute approximate surface area is 67.1 Å². The monoisotopic (exact) mass is 161 g/mol. The van der Waals surface area contributed by atoms with Gasteiger partial charge >= 0.3 is 0 Å². The Balaban J connectivity index is 2.32. The van der Waals surface area contributed by atoms with E-state index in [0.717, 1.165) is 19.5 Å². The highest BCUT2D eigenvalue weighted by Gasteiger charge is 2.22. The lowest BCUT2D eigenvalue weighted by molar-refractivity contribution is 0.00328. The van der Waals surface area contributed by atoms with Gasteiger partial charge in [-0.25, -0.2) is 4.39 Å². The molecule has 0 aromatic carbocycles. The van der Waals surface area contributed by atoms with Gasteiger partial charge in [0.2, 0.25) is 0 Å². The molecule has 0 amide bonds. The molecule has 0 spiro atoms. The van der Waals surface area contributed by atoms with E-state index >= 15 is 0 Å². The predicted octanol–water partition coefficient (Wildman–Crippen LogP) is 1.11. The lowest BCUT2D eigenvalue weighted by Gasteiger charge is -2.17. The predicted molar refractivity (Wildman–Crippen MR) is 42.4 cm³/mol. The van der Waals surface area contributed by atoms with Crippen LogP contribution in [0, 0.1) is 0 Å². The van der Waals surface area contributed by atoms with Crippen molar-refractivity contribution in [3.8, 4) is 0 Å². The van der Waals surface area contributed by atoms with Gasteiger partial charge in [0, 0.05) is 6.61 Å². The summed E-state index contributed by atoms with van der Waals surface area (Å²) in [4.78, 5) is 0. The summed E-state index contributed by atoms with van der Waals surface area (Å²) in [5.41, 5.74) is 0. The highest BCUT2D eigenvalue weighted by atomic mass is 19.1. The fourth-order valence-electron chi connectivity index (χ4n) is 1.38. The van der Waals surface area contributed by atoms with Crippen LogP contribution in [0.2, 0.25) is 0 Å². The van der Waals surface area contributed by atoms with Crippen LogP contribution in [-0.2, 0) is 4.74 Å². The molecule has 1 fully saturated rings. The maximum absolute atomic E-state index is 13.1. The minimum atomic E-state index is -0.773. The molecule has 1 aliphatic heterocycles. The van der Waals surface area contributed by atoms with Crippen LogP contribution < -0.4 is 5.32 Å². The third-order valence-electron chi connectivity index (χ3n) is 1.99. The Hall–Kier alpha value is -0.150. The summed E-state index contributed by atoms with van der Waals surface area (Å²) in [7, 11) is 0. The molecule has 2 atom stereocenters. The molecule has 0 aromatic heterocycles. The number of hydrogen-bond donors (Lipinski definition) is 1. The van der Waals surface area contributed by atoms with E-state index < -0.39 is 6.17 Å². The smallest absolute Gasteiger partial charge is 0.127 e. The number of ether oxygens (including phenoxy) is 1. The first-order valence-corrected chi connectivity index (χ1v) is 4.31. The molecular weight excluding hydrogens is 145 g/mol. The van der Waals surface area contributed by atoms with Crippen molar-refractivity contribution in [3.05, 3.63) is 0 Å². The van der Waals surface area contributed by atoms with Crippen LogP contribution >= 0.6 is 0 Å². The Bertz CT molecular complexity index is 110. The minimum absolute atomic E-state index is 0.171. The standard InChI is InChI=1S/C8H16FNO/c1-2-11-8-4-6-10-5-3-7(8)9/h7-8,10H,2-6H2,1H3. The van der Waals surface area contributed by atoms with E-state index in [1.807, 2.05) is 6.92 Å². The second kappa shape index (κ2) is 4.67. The first-order chi connectivity index (χ1) is 5.34. The molecule has 2 unspecified atom stereocenters. The molecule has 1 rings (SSSR count). The summed E-state index contributed by atoms with van der Waals surface area (Å²) >= 11 is 0. The maximum atomic E-state index is 13.1. The lowest BCUT2D eigenvalue weighted by atomic mass is 10.1. The maximum Gasteiger partial charge on any atom is 0.127 e. The Morgan fingerprint density at radius 2 is 2.18 bits per heavy atom. The van der Waals surface area contributed by atoms with Gasteiger partial charge in [0.15, 0.2) is 0 Å². The molecule has 11 heavy (non-hydrogen) atoms. The van der Waals surface area contributed by atoms with Gasteiger partial charge in [-0.2, -0.15) is 0 Å². The average Bonchev–Trinajstić information content (AvgIpc) is 2.18. The molecule has 0 aromatic rings.